The van der Waals surface area contributed by atoms with Gasteiger partial charge in [-0.1, -0.05) is 24.2 Å². The molecule has 0 saturated carbocycles. The highest BCUT2D eigenvalue weighted by molar-refractivity contribution is 14.0. The molecule has 9 heteroatoms. The van der Waals surface area contributed by atoms with E-state index in [0.29, 0.717) is 24.8 Å². The van der Waals surface area contributed by atoms with Crippen molar-refractivity contribution in [2.75, 3.05) is 14.1 Å². The molecule has 1 heterocycles. The number of alkyl halides is 3. The van der Waals surface area contributed by atoms with Gasteiger partial charge < -0.3 is 14.7 Å². The van der Waals surface area contributed by atoms with Crippen molar-refractivity contribution in [2.45, 2.75) is 32.6 Å². The minimum atomic E-state index is -4.32. The zero-order chi connectivity index (χ0) is 18.4. The third-order valence-electron chi connectivity index (χ3n) is 3.67. The first-order valence-corrected chi connectivity index (χ1v) is 7.86. The third kappa shape index (κ3) is 6.19. The summed E-state index contributed by atoms with van der Waals surface area (Å²) in [5.74, 6) is 1.30. The summed E-state index contributed by atoms with van der Waals surface area (Å²) in [4.78, 5) is 5.99. The lowest BCUT2D eigenvalue weighted by atomic mass is 10.1. The Morgan fingerprint density at radius 3 is 2.42 bits per heavy atom. The molecule has 144 valence electrons. The molecule has 1 aromatic carbocycles. The molecule has 26 heavy (non-hydrogen) atoms. The molecule has 0 spiro atoms. The molecule has 0 aliphatic heterocycles. The fourth-order valence-corrected chi connectivity index (χ4v) is 2.30. The summed E-state index contributed by atoms with van der Waals surface area (Å²) in [6.45, 7) is 2.84. The number of nitrogens with one attached hydrogen (secondary N) is 1. The van der Waals surface area contributed by atoms with Crippen molar-refractivity contribution in [3.8, 4) is 0 Å². The molecule has 1 N–H and O–H groups in total. The first kappa shape index (κ1) is 22.3. The topological polar surface area (TPSA) is 53.7 Å². The number of hydrogen-bond acceptors (Lipinski definition) is 3. The van der Waals surface area contributed by atoms with Gasteiger partial charge in [0.05, 0.1) is 17.8 Å². The smallest absolute Gasteiger partial charge is 0.359 e. The Morgan fingerprint density at radius 1 is 1.27 bits per heavy atom. The van der Waals surface area contributed by atoms with Crippen LogP contribution in [0.25, 0.3) is 0 Å². The van der Waals surface area contributed by atoms with Gasteiger partial charge in [0.25, 0.3) is 0 Å². The lowest BCUT2D eigenvalue weighted by Crippen LogP contribution is -2.37. The predicted molar refractivity (Wildman–Crippen MR) is 104 cm³/mol. The minimum absolute atomic E-state index is 0. The monoisotopic (exact) mass is 482 g/mol. The Labute approximate surface area is 167 Å². The summed E-state index contributed by atoms with van der Waals surface area (Å²) in [7, 11) is 3.45. The molecule has 0 bridgehead atoms. The summed E-state index contributed by atoms with van der Waals surface area (Å²) in [5, 5.41) is 7.06. The van der Waals surface area contributed by atoms with Crippen molar-refractivity contribution in [1.29, 1.82) is 0 Å². The maximum atomic E-state index is 12.6. The van der Waals surface area contributed by atoms with E-state index in [-0.39, 0.29) is 24.0 Å². The Hall–Kier alpha value is -1.78. The molecular formula is C17H22F3IN4O. The molecule has 2 rings (SSSR count). The van der Waals surface area contributed by atoms with Crippen LogP contribution in [-0.2, 0) is 25.7 Å². The van der Waals surface area contributed by atoms with Gasteiger partial charge in [-0.25, -0.2) is 0 Å². The maximum absolute atomic E-state index is 12.6. The van der Waals surface area contributed by atoms with Crippen LogP contribution in [0.3, 0.4) is 0 Å². The van der Waals surface area contributed by atoms with Gasteiger partial charge in [-0.2, -0.15) is 13.2 Å². The molecule has 0 radical (unpaired) electrons. The van der Waals surface area contributed by atoms with E-state index in [1.807, 2.05) is 24.9 Å². The van der Waals surface area contributed by atoms with E-state index in [4.69, 9.17) is 4.52 Å². The van der Waals surface area contributed by atoms with Crippen molar-refractivity contribution >= 4 is 29.9 Å². The fraction of sp³-hybridized carbons (Fsp3) is 0.412. The van der Waals surface area contributed by atoms with Crippen LogP contribution in [-0.4, -0.2) is 30.1 Å². The average Bonchev–Trinajstić information content (AvgIpc) is 3.03. The average molecular weight is 482 g/mol. The van der Waals surface area contributed by atoms with Crippen molar-refractivity contribution in [1.82, 2.24) is 15.4 Å². The molecule has 0 fully saturated rings. The van der Waals surface area contributed by atoms with Crippen LogP contribution in [0.4, 0.5) is 13.2 Å². The van der Waals surface area contributed by atoms with Crippen molar-refractivity contribution in [3.05, 3.63) is 52.9 Å². The highest BCUT2D eigenvalue weighted by atomic mass is 127. The molecule has 0 unspecified atom stereocenters. The van der Waals surface area contributed by atoms with Crippen LogP contribution in [0.2, 0.25) is 0 Å². The molecule has 2 aromatic rings. The zero-order valence-electron chi connectivity index (χ0n) is 14.8. The van der Waals surface area contributed by atoms with E-state index in [0.717, 1.165) is 29.8 Å². The second-order valence-corrected chi connectivity index (χ2v) is 5.59. The van der Waals surface area contributed by atoms with E-state index in [9.17, 15) is 13.2 Å². The molecule has 0 saturated heterocycles. The third-order valence-corrected chi connectivity index (χ3v) is 3.67. The van der Waals surface area contributed by atoms with Gasteiger partial charge >= 0.3 is 6.18 Å². The van der Waals surface area contributed by atoms with Crippen molar-refractivity contribution in [2.24, 2.45) is 4.99 Å². The van der Waals surface area contributed by atoms with Gasteiger partial charge in [0.1, 0.15) is 0 Å². The molecule has 1 aromatic heterocycles. The highest BCUT2D eigenvalue weighted by Gasteiger charge is 2.29. The van der Waals surface area contributed by atoms with E-state index in [1.165, 1.54) is 12.1 Å². The number of aryl methyl sites for hydroxylation is 1. The molecular weight excluding hydrogens is 460 g/mol. The highest BCUT2D eigenvalue weighted by Crippen LogP contribution is 2.29. The van der Waals surface area contributed by atoms with E-state index < -0.39 is 11.7 Å². The van der Waals surface area contributed by atoms with Gasteiger partial charge in [-0.3, -0.25) is 4.99 Å². The van der Waals surface area contributed by atoms with Crippen LogP contribution >= 0.6 is 24.0 Å². The summed E-state index contributed by atoms with van der Waals surface area (Å²) in [5.41, 5.74) is 0.981. The number of halogens is 4. The number of nitrogens with zero attached hydrogens (tertiary/aromatic N) is 3. The summed E-state index contributed by atoms with van der Waals surface area (Å²) >= 11 is 0. The molecule has 0 aliphatic rings. The first-order chi connectivity index (χ1) is 11.8. The maximum Gasteiger partial charge on any atom is 0.416 e. The lowest BCUT2D eigenvalue weighted by Gasteiger charge is -2.22. The van der Waals surface area contributed by atoms with E-state index in [1.54, 1.807) is 7.05 Å². The molecule has 0 aliphatic carbocycles. The molecule has 0 amide bonds. The first-order valence-electron chi connectivity index (χ1n) is 7.86. The number of rotatable bonds is 5. The van der Waals surface area contributed by atoms with E-state index >= 15 is 0 Å². The van der Waals surface area contributed by atoms with Crippen molar-refractivity contribution in [3.63, 3.8) is 0 Å². The minimum Gasteiger partial charge on any atom is -0.359 e. The Morgan fingerprint density at radius 2 is 1.92 bits per heavy atom. The molecule has 0 atom stereocenters. The quantitative estimate of drug-likeness (QED) is 0.397. The van der Waals surface area contributed by atoms with Crippen LogP contribution in [0.5, 0.6) is 0 Å². The van der Waals surface area contributed by atoms with Crippen molar-refractivity contribution < 1.29 is 17.7 Å². The summed E-state index contributed by atoms with van der Waals surface area (Å²) in [6, 6.07) is 6.98. The second kappa shape index (κ2) is 9.79. The van der Waals surface area contributed by atoms with Crippen LogP contribution in [0.1, 0.15) is 29.5 Å². The zero-order valence-corrected chi connectivity index (χ0v) is 17.1. The Bertz CT molecular complexity index is 714. The second-order valence-electron chi connectivity index (χ2n) is 5.59. The van der Waals surface area contributed by atoms with E-state index in [2.05, 4.69) is 15.5 Å². The number of aromatic nitrogens is 1. The predicted octanol–water partition coefficient (Wildman–Crippen LogP) is 4.08. The van der Waals surface area contributed by atoms with Gasteiger partial charge in [0.2, 0.25) is 0 Å². The summed E-state index contributed by atoms with van der Waals surface area (Å²) < 4.78 is 43.0. The fourth-order valence-electron chi connectivity index (χ4n) is 2.30. The normalized spacial score (nSPS) is 11.8. The molecule has 5 nitrogen and oxygen atoms in total. The van der Waals surface area contributed by atoms with Crippen LogP contribution in [0.15, 0.2) is 39.8 Å². The van der Waals surface area contributed by atoms with Gasteiger partial charge in [0, 0.05) is 26.7 Å². The number of hydrogen-bond donors (Lipinski definition) is 1. The number of guanidine groups is 1. The SMILES string of the molecule is CCc1cc(CNC(=NC)N(C)Cc2ccc(C(F)(F)F)cc2)on1.I. The van der Waals surface area contributed by atoms with Gasteiger partial charge in [-0.15, -0.1) is 24.0 Å². The summed E-state index contributed by atoms with van der Waals surface area (Å²) in [6.07, 6.45) is -3.53. The Balaban J connectivity index is 0.00000338. The van der Waals surface area contributed by atoms with Crippen LogP contribution < -0.4 is 5.32 Å². The van der Waals surface area contributed by atoms with Crippen LogP contribution in [0, 0.1) is 0 Å². The van der Waals surface area contributed by atoms with Gasteiger partial charge in [-0.05, 0) is 24.1 Å². The number of aliphatic imine (C=N–C) groups is 1. The lowest BCUT2D eigenvalue weighted by molar-refractivity contribution is -0.137. The largest absolute Gasteiger partial charge is 0.416 e. The van der Waals surface area contributed by atoms with Gasteiger partial charge in [0.15, 0.2) is 11.7 Å². The standard InChI is InChI=1S/C17H21F3N4O.HI/c1-4-14-9-15(25-23-14)10-22-16(21-2)24(3)11-12-5-7-13(8-6-12)17(18,19)20;/h5-9H,4,10-11H2,1-3H3,(H,21,22);1H. The Kier molecular flexibility index (Phi) is 8.38. The number of benzene rings is 1.